The minimum atomic E-state index is -3.52. The molecule has 0 aliphatic heterocycles. The van der Waals surface area contributed by atoms with Gasteiger partial charge in [0.05, 0.1) is 4.90 Å². The number of ketones is 1. The predicted molar refractivity (Wildman–Crippen MR) is 147 cm³/mol. The van der Waals surface area contributed by atoms with Crippen LogP contribution in [0.1, 0.15) is 103 Å². The normalized spacial score (nSPS) is 26.2. The number of hydrogen-bond donors (Lipinski definition) is 2. The number of urea groups is 1. The van der Waals surface area contributed by atoms with E-state index in [0.717, 1.165) is 62.8 Å². The highest BCUT2D eigenvalue weighted by molar-refractivity contribution is 7.92. The van der Waals surface area contributed by atoms with Crippen molar-refractivity contribution in [3.63, 3.8) is 0 Å². The number of unbranched alkanes of at least 4 members (excludes halogenated alkanes) is 8. The molecule has 4 bridgehead atoms. The minimum absolute atomic E-state index is 0.0399. The van der Waals surface area contributed by atoms with Crippen molar-refractivity contribution < 1.29 is 18.0 Å². The first-order valence-electron chi connectivity index (χ1n) is 14.7. The molecule has 1 aromatic carbocycles. The monoisotopic (exact) mass is 530 g/mol. The summed E-state index contributed by atoms with van der Waals surface area (Å²) in [5.74, 6) is 1.95. The van der Waals surface area contributed by atoms with Crippen LogP contribution in [0, 0.1) is 17.8 Å². The van der Waals surface area contributed by atoms with Crippen molar-refractivity contribution in [1.82, 2.24) is 10.6 Å². The fourth-order valence-electron chi connectivity index (χ4n) is 7.43. The van der Waals surface area contributed by atoms with Crippen LogP contribution >= 0.6 is 0 Å². The molecule has 0 atom stereocenters. The van der Waals surface area contributed by atoms with Gasteiger partial charge < -0.3 is 10.6 Å². The van der Waals surface area contributed by atoms with Gasteiger partial charge in [-0.3, -0.25) is 4.79 Å². The van der Waals surface area contributed by atoms with Gasteiger partial charge in [0.15, 0.2) is 9.84 Å². The lowest BCUT2D eigenvalue weighted by atomic mass is 9.53. The van der Waals surface area contributed by atoms with E-state index < -0.39 is 15.6 Å². The molecular weight excluding hydrogens is 484 g/mol. The number of carbonyl (C=O) groups is 2. The van der Waals surface area contributed by atoms with E-state index in [9.17, 15) is 18.0 Å². The second-order valence-electron chi connectivity index (χ2n) is 12.1. The van der Waals surface area contributed by atoms with Crippen molar-refractivity contribution in [2.75, 3.05) is 12.3 Å². The summed E-state index contributed by atoms with van der Waals surface area (Å²) in [5.41, 5.74) is 0.0893. The summed E-state index contributed by atoms with van der Waals surface area (Å²) in [7, 11) is -3.52. The van der Waals surface area contributed by atoms with Crippen LogP contribution in [0.15, 0.2) is 35.2 Å². The van der Waals surface area contributed by atoms with Crippen LogP contribution in [-0.2, 0) is 14.6 Å². The first-order valence-corrected chi connectivity index (χ1v) is 16.3. The Balaban J connectivity index is 0.946. The lowest BCUT2D eigenvalue weighted by molar-refractivity contribution is -0.116. The smallest absolute Gasteiger partial charge is 0.315 e. The van der Waals surface area contributed by atoms with Gasteiger partial charge in [-0.25, -0.2) is 13.2 Å². The van der Waals surface area contributed by atoms with Crippen molar-refractivity contribution in [3.8, 4) is 0 Å². The Kier molecular flexibility index (Phi) is 10.1. The summed E-state index contributed by atoms with van der Waals surface area (Å²) in [6.07, 6.45) is 17.8. The van der Waals surface area contributed by atoms with Gasteiger partial charge in [-0.1, -0.05) is 63.1 Å². The van der Waals surface area contributed by atoms with Crippen molar-refractivity contribution in [2.45, 2.75) is 113 Å². The Labute approximate surface area is 223 Å². The van der Waals surface area contributed by atoms with E-state index >= 15 is 0 Å². The summed E-state index contributed by atoms with van der Waals surface area (Å²) in [6, 6.07) is 8.24. The Morgan fingerprint density at radius 3 is 1.84 bits per heavy atom. The number of amides is 2. The highest BCUT2D eigenvalue weighted by Gasteiger charge is 2.51. The van der Waals surface area contributed by atoms with Gasteiger partial charge in [-0.15, -0.1) is 0 Å². The summed E-state index contributed by atoms with van der Waals surface area (Å²) in [4.78, 5) is 24.8. The number of sulfone groups is 1. The second kappa shape index (κ2) is 13.3. The number of carbonyl (C=O) groups excluding carboxylic acids is 2. The largest absolute Gasteiger partial charge is 0.338 e. The second-order valence-corrected chi connectivity index (χ2v) is 14.1. The molecule has 0 spiro atoms. The quantitative estimate of drug-likeness (QED) is 0.249. The van der Waals surface area contributed by atoms with Gasteiger partial charge in [-0.05, 0) is 81.3 Å². The zero-order chi connectivity index (χ0) is 26.1. The fourth-order valence-corrected chi connectivity index (χ4v) is 8.74. The molecule has 0 aromatic heterocycles. The third kappa shape index (κ3) is 8.56. The van der Waals surface area contributed by atoms with Gasteiger partial charge in [-0.2, -0.15) is 0 Å². The number of nitrogens with one attached hydrogen (secondary N) is 2. The summed E-state index contributed by atoms with van der Waals surface area (Å²) in [6.45, 7) is 0.756. The zero-order valence-electron chi connectivity index (χ0n) is 22.4. The molecule has 4 fully saturated rings. The SMILES string of the molecule is O=C(CCCCCCCCCCCNC(=O)NC12CC3CC(CC(C3)C1)C2)CS(=O)(=O)c1ccccc1. The Hall–Kier alpha value is -1.89. The predicted octanol–water partition coefficient (Wildman–Crippen LogP) is 6.20. The van der Waals surface area contributed by atoms with Crippen LogP contribution in [0.3, 0.4) is 0 Å². The fraction of sp³-hybridized carbons (Fsp3) is 0.733. The Morgan fingerprint density at radius 2 is 1.27 bits per heavy atom. The van der Waals surface area contributed by atoms with Crippen LogP contribution in [0.25, 0.3) is 0 Å². The van der Waals surface area contributed by atoms with Gasteiger partial charge in [0.1, 0.15) is 11.5 Å². The highest BCUT2D eigenvalue weighted by atomic mass is 32.2. The van der Waals surface area contributed by atoms with E-state index in [1.807, 2.05) is 0 Å². The van der Waals surface area contributed by atoms with Crippen molar-refractivity contribution >= 4 is 21.7 Å². The van der Waals surface area contributed by atoms with Gasteiger partial charge in [0.2, 0.25) is 0 Å². The first kappa shape index (κ1) is 28.1. The molecule has 0 unspecified atom stereocenters. The Bertz CT molecular complexity index is 957. The number of Topliss-reactive ketones (excluding diaryl/α,β-unsaturated/α-hetero) is 1. The van der Waals surface area contributed by atoms with Crippen LogP contribution in [0.5, 0.6) is 0 Å². The molecule has 4 aliphatic carbocycles. The van der Waals surface area contributed by atoms with Crippen molar-refractivity contribution in [2.24, 2.45) is 17.8 Å². The van der Waals surface area contributed by atoms with E-state index in [-0.39, 0.29) is 22.2 Å². The maximum Gasteiger partial charge on any atom is 0.315 e. The van der Waals surface area contributed by atoms with Crippen LogP contribution in [-0.4, -0.2) is 38.1 Å². The van der Waals surface area contributed by atoms with E-state index in [2.05, 4.69) is 10.6 Å². The molecule has 5 rings (SSSR count). The minimum Gasteiger partial charge on any atom is -0.338 e. The van der Waals surface area contributed by atoms with Gasteiger partial charge in [0, 0.05) is 18.5 Å². The van der Waals surface area contributed by atoms with Crippen LogP contribution < -0.4 is 10.6 Å². The molecule has 37 heavy (non-hydrogen) atoms. The topological polar surface area (TPSA) is 92.3 Å². The molecule has 1 aromatic rings. The molecular formula is C30H46N2O4S. The molecule has 0 saturated heterocycles. The van der Waals surface area contributed by atoms with Crippen LogP contribution in [0.4, 0.5) is 4.79 Å². The lowest BCUT2D eigenvalue weighted by Gasteiger charge is -2.56. The van der Waals surface area contributed by atoms with Crippen molar-refractivity contribution in [3.05, 3.63) is 30.3 Å². The summed E-state index contributed by atoms with van der Waals surface area (Å²) < 4.78 is 24.5. The first-order chi connectivity index (χ1) is 17.8. The summed E-state index contributed by atoms with van der Waals surface area (Å²) in [5, 5.41) is 6.48. The molecule has 7 heteroatoms. The molecule has 4 aliphatic rings. The van der Waals surface area contributed by atoms with E-state index in [0.29, 0.717) is 6.42 Å². The molecule has 6 nitrogen and oxygen atoms in total. The molecule has 2 N–H and O–H groups in total. The standard InChI is InChI=1S/C30H46N2O4S/c33-27(23-37(35,36)28-14-10-8-11-15-28)13-9-6-4-2-1-3-5-7-12-16-31-29(34)32-30-20-24-17-25(21-30)19-26(18-24)22-30/h8,10-11,14-15,24-26H,1-7,9,12-13,16-23H2,(H2,31,32,34). The third-order valence-corrected chi connectivity index (χ3v) is 10.5. The molecule has 0 heterocycles. The summed E-state index contributed by atoms with van der Waals surface area (Å²) >= 11 is 0. The molecule has 4 saturated carbocycles. The maximum absolute atomic E-state index is 12.5. The van der Waals surface area contributed by atoms with E-state index in [1.165, 1.54) is 57.8 Å². The average Bonchev–Trinajstić information content (AvgIpc) is 2.84. The van der Waals surface area contributed by atoms with Gasteiger partial charge in [0.25, 0.3) is 0 Å². The average molecular weight is 531 g/mol. The molecule has 0 radical (unpaired) electrons. The molecule has 2 amide bonds. The lowest BCUT2D eigenvalue weighted by Crippen LogP contribution is -2.61. The highest BCUT2D eigenvalue weighted by Crippen LogP contribution is 2.55. The number of rotatable bonds is 16. The third-order valence-electron chi connectivity index (χ3n) is 8.79. The Morgan fingerprint density at radius 1 is 0.757 bits per heavy atom. The van der Waals surface area contributed by atoms with Crippen LogP contribution in [0.2, 0.25) is 0 Å². The number of hydrogen-bond acceptors (Lipinski definition) is 4. The van der Waals surface area contributed by atoms with Crippen molar-refractivity contribution in [1.29, 1.82) is 0 Å². The van der Waals surface area contributed by atoms with E-state index in [4.69, 9.17) is 0 Å². The molecule has 206 valence electrons. The number of benzene rings is 1. The zero-order valence-corrected chi connectivity index (χ0v) is 23.2. The van der Waals surface area contributed by atoms with Gasteiger partial charge >= 0.3 is 6.03 Å². The van der Waals surface area contributed by atoms with E-state index in [1.54, 1.807) is 30.3 Å². The maximum atomic E-state index is 12.5.